The Morgan fingerprint density at radius 2 is 2.00 bits per heavy atom. The van der Waals surface area contributed by atoms with Crippen LogP contribution in [0.2, 0.25) is 0 Å². The monoisotopic (exact) mass is 218 g/mol. The van der Waals surface area contributed by atoms with E-state index >= 15 is 0 Å². The first kappa shape index (κ1) is 10.4. The highest BCUT2D eigenvalue weighted by Gasteiger charge is 2.01. The molecule has 0 rings (SSSR count). The molecule has 0 aliphatic rings. The summed E-state index contributed by atoms with van der Waals surface area (Å²) in [7, 11) is 1.37. The van der Waals surface area contributed by atoms with Gasteiger partial charge in [-0.2, -0.15) is 0 Å². The number of ether oxygens (including phenoxy) is 1. The van der Waals surface area contributed by atoms with Gasteiger partial charge in [0.05, 0.1) is 7.11 Å². The Balaban J connectivity index is 4.34. The van der Waals surface area contributed by atoms with Crippen LogP contribution in [-0.2, 0) is 9.53 Å². The van der Waals surface area contributed by atoms with Gasteiger partial charge in [0, 0.05) is 5.57 Å². The molecule has 0 aromatic heterocycles. The van der Waals surface area contributed by atoms with Gasteiger partial charge in [0.2, 0.25) is 0 Å². The Morgan fingerprint density at radius 3 is 2.36 bits per heavy atom. The molecule has 0 amide bonds. The number of hydrogen-bond donors (Lipinski definition) is 0. The number of esters is 1. The summed E-state index contributed by atoms with van der Waals surface area (Å²) < 4.78 is 4.51. The fourth-order valence-corrected chi connectivity index (χ4v) is 0.725. The fraction of sp³-hybridized carbons (Fsp3) is 0.375. The Bertz CT molecular complexity index is 204. The van der Waals surface area contributed by atoms with Gasteiger partial charge in [-0.1, -0.05) is 15.9 Å². The quantitative estimate of drug-likeness (QED) is 0.405. The second kappa shape index (κ2) is 5.13. The first-order valence-corrected chi connectivity index (χ1v) is 4.07. The minimum Gasteiger partial charge on any atom is -0.466 e. The average molecular weight is 219 g/mol. The summed E-state index contributed by atoms with van der Waals surface area (Å²) in [4.78, 5) is 12.6. The molecule has 0 saturated carbocycles. The highest BCUT2D eigenvalue weighted by Crippen LogP contribution is 2.04. The van der Waals surface area contributed by atoms with Gasteiger partial charge in [-0.3, -0.25) is 0 Å². The number of hydrogen-bond acceptors (Lipinski definition) is 2. The maximum Gasteiger partial charge on any atom is 0.333 e. The number of methoxy groups -OCH3 is 1. The zero-order chi connectivity index (χ0) is 8.85. The molecule has 0 bridgehead atoms. The van der Waals surface area contributed by atoms with E-state index in [1.165, 1.54) is 7.11 Å². The third-order valence-electron chi connectivity index (χ3n) is 1.12. The lowest BCUT2D eigenvalue weighted by Gasteiger charge is -1.97. The van der Waals surface area contributed by atoms with Crippen molar-refractivity contribution in [2.24, 2.45) is 0 Å². The van der Waals surface area contributed by atoms with Crippen LogP contribution in [0.25, 0.3) is 0 Å². The van der Waals surface area contributed by atoms with Crippen molar-refractivity contribution >= 4 is 21.9 Å². The second-order valence-electron chi connectivity index (χ2n) is 2.17. The molecule has 0 aliphatic carbocycles. The van der Waals surface area contributed by atoms with E-state index in [0.717, 1.165) is 5.57 Å². The van der Waals surface area contributed by atoms with Gasteiger partial charge in [0.25, 0.3) is 0 Å². The Labute approximate surface area is 75.1 Å². The van der Waals surface area contributed by atoms with Crippen LogP contribution in [0.15, 0.2) is 22.2 Å². The number of halogens is 1. The van der Waals surface area contributed by atoms with E-state index < -0.39 is 0 Å². The molecule has 0 aromatic carbocycles. The number of carbonyl (C=O) groups is 1. The third-order valence-corrected chi connectivity index (χ3v) is 1.85. The summed E-state index contributed by atoms with van der Waals surface area (Å²) in [5.41, 5.74) is 1.58. The molecular formula is C8H11BrO2. The van der Waals surface area contributed by atoms with E-state index in [1.54, 1.807) is 18.0 Å². The van der Waals surface area contributed by atoms with Gasteiger partial charge >= 0.3 is 5.97 Å². The minimum absolute atomic E-state index is 0.293. The van der Waals surface area contributed by atoms with E-state index in [-0.39, 0.29) is 5.97 Å². The van der Waals surface area contributed by atoms with E-state index in [4.69, 9.17) is 0 Å². The maximum absolute atomic E-state index is 10.8. The summed E-state index contributed by atoms with van der Waals surface area (Å²) in [6, 6.07) is 0. The summed E-state index contributed by atoms with van der Waals surface area (Å²) in [6.45, 7) is 3.60. The minimum atomic E-state index is -0.293. The molecular weight excluding hydrogens is 208 g/mol. The summed E-state index contributed by atoms with van der Waals surface area (Å²) >= 11 is 3.16. The molecule has 0 saturated heterocycles. The molecule has 2 nitrogen and oxygen atoms in total. The Kier molecular flexibility index (Phi) is 4.86. The van der Waals surface area contributed by atoms with Crippen molar-refractivity contribution in [2.45, 2.75) is 13.8 Å². The number of carbonyl (C=O) groups excluding carboxylic acids is 1. The normalized spacial score (nSPS) is 13.1. The molecule has 0 aliphatic heterocycles. The molecule has 0 fully saturated rings. The molecule has 11 heavy (non-hydrogen) atoms. The summed E-state index contributed by atoms with van der Waals surface area (Å²) in [5, 5.41) is 0. The predicted octanol–water partition coefficient (Wildman–Crippen LogP) is 2.40. The summed E-state index contributed by atoms with van der Waals surface area (Å²) in [5.74, 6) is -0.293. The van der Waals surface area contributed by atoms with Crippen LogP contribution in [0.4, 0.5) is 0 Å². The molecule has 62 valence electrons. The van der Waals surface area contributed by atoms with Crippen molar-refractivity contribution < 1.29 is 9.53 Å². The van der Waals surface area contributed by atoms with Crippen molar-refractivity contribution in [3.63, 3.8) is 0 Å². The second-order valence-corrected chi connectivity index (χ2v) is 2.63. The van der Waals surface area contributed by atoms with E-state index in [1.807, 2.05) is 6.92 Å². The molecule has 0 N–H and O–H groups in total. The molecule has 0 radical (unpaired) electrons. The van der Waals surface area contributed by atoms with Crippen LogP contribution in [0.3, 0.4) is 0 Å². The Hall–Kier alpha value is -0.570. The topological polar surface area (TPSA) is 26.3 Å². The fourth-order valence-electron chi connectivity index (χ4n) is 0.593. The van der Waals surface area contributed by atoms with Gasteiger partial charge in [0.15, 0.2) is 0 Å². The van der Waals surface area contributed by atoms with Crippen LogP contribution >= 0.6 is 15.9 Å². The lowest BCUT2D eigenvalue weighted by Crippen LogP contribution is -2.01. The molecule has 3 heteroatoms. The largest absolute Gasteiger partial charge is 0.466 e. The zero-order valence-electron chi connectivity index (χ0n) is 6.85. The van der Waals surface area contributed by atoms with E-state index in [0.29, 0.717) is 5.57 Å². The third kappa shape index (κ3) is 3.98. The standard InChI is InChI=1S/C8H11BrO2/c1-6(5-9)4-7(2)8(10)11-3/h4-5H,1-3H3. The first-order valence-electron chi connectivity index (χ1n) is 3.15. The molecule has 0 unspecified atom stereocenters. The van der Waals surface area contributed by atoms with Crippen molar-refractivity contribution in [3.8, 4) is 0 Å². The van der Waals surface area contributed by atoms with Gasteiger partial charge in [0.1, 0.15) is 0 Å². The first-order chi connectivity index (χ1) is 5.11. The smallest absolute Gasteiger partial charge is 0.333 e. The number of rotatable bonds is 2. The highest BCUT2D eigenvalue weighted by molar-refractivity contribution is 9.11. The van der Waals surface area contributed by atoms with Crippen molar-refractivity contribution in [2.75, 3.05) is 7.11 Å². The molecule has 0 spiro atoms. The summed E-state index contributed by atoms with van der Waals surface area (Å²) in [6.07, 6.45) is 1.75. The van der Waals surface area contributed by atoms with Gasteiger partial charge in [-0.15, -0.1) is 0 Å². The molecule has 0 heterocycles. The van der Waals surface area contributed by atoms with E-state index in [2.05, 4.69) is 20.7 Å². The van der Waals surface area contributed by atoms with Crippen molar-refractivity contribution in [3.05, 3.63) is 22.2 Å². The maximum atomic E-state index is 10.8. The highest BCUT2D eigenvalue weighted by atomic mass is 79.9. The zero-order valence-corrected chi connectivity index (χ0v) is 8.44. The van der Waals surface area contributed by atoms with Crippen molar-refractivity contribution in [1.82, 2.24) is 0 Å². The lowest BCUT2D eigenvalue weighted by atomic mass is 10.2. The predicted molar refractivity (Wildman–Crippen MR) is 48.5 cm³/mol. The average Bonchev–Trinajstić information content (AvgIpc) is 2.02. The molecule has 0 aromatic rings. The Morgan fingerprint density at radius 1 is 1.45 bits per heavy atom. The van der Waals surface area contributed by atoms with Crippen LogP contribution in [0.1, 0.15) is 13.8 Å². The molecule has 0 atom stereocenters. The van der Waals surface area contributed by atoms with Crippen LogP contribution in [0.5, 0.6) is 0 Å². The SMILES string of the molecule is COC(=O)C(C)=CC(C)=CBr. The van der Waals surface area contributed by atoms with Crippen LogP contribution in [0, 0.1) is 0 Å². The van der Waals surface area contributed by atoms with Crippen LogP contribution in [-0.4, -0.2) is 13.1 Å². The number of allylic oxidation sites excluding steroid dienone is 2. The van der Waals surface area contributed by atoms with Gasteiger partial charge < -0.3 is 4.74 Å². The van der Waals surface area contributed by atoms with E-state index in [9.17, 15) is 4.79 Å². The van der Waals surface area contributed by atoms with Gasteiger partial charge in [-0.25, -0.2) is 4.79 Å². The van der Waals surface area contributed by atoms with Crippen molar-refractivity contribution in [1.29, 1.82) is 0 Å². The van der Waals surface area contributed by atoms with Crippen LogP contribution < -0.4 is 0 Å². The lowest BCUT2D eigenvalue weighted by molar-refractivity contribution is -0.136. The van der Waals surface area contributed by atoms with Gasteiger partial charge in [-0.05, 0) is 30.5 Å².